The van der Waals surface area contributed by atoms with E-state index in [1.165, 1.54) is 0 Å². The van der Waals surface area contributed by atoms with Gasteiger partial charge in [-0.05, 0) is 50.7 Å². The Labute approximate surface area is 211 Å². The van der Waals surface area contributed by atoms with Crippen molar-refractivity contribution in [2.75, 3.05) is 0 Å². The second-order valence-electron chi connectivity index (χ2n) is 9.82. The molecule has 9 nitrogen and oxygen atoms in total. The third-order valence-corrected chi connectivity index (χ3v) is 7.26. The molecule has 2 unspecified atom stereocenters. The minimum atomic E-state index is -0.339. The van der Waals surface area contributed by atoms with Gasteiger partial charge in [0.15, 0.2) is 11.6 Å². The van der Waals surface area contributed by atoms with Crippen LogP contribution >= 0.6 is 0 Å². The summed E-state index contributed by atoms with van der Waals surface area (Å²) in [4.78, 5) is 12.6. The van der Waals surface area contributed by atoms with Gasteiger partial charge in [-0.3, -0.25) is 4.79 Å². The number of rotatable bonds is 14. The zero-order valence-corrected chi connectivity index (χ0v) is 21.0. The topological polar surface area (TPSA) is 126 Å². The Balaban J connectivity index is 1.24. The van der Waals surface area contributed by atoms with Crippen LogP contribution in [0.15, 0.2) is 60.7 Å². The van der Waals surface area contributed by atoms with Crippen molar-refractivity contribution in [3.05, 3.63) is 83.4 Å². The third kappa shape index (κ3) is 5.90. The third-order valence-electron chi connectivity index (χ3n) is 7.26. The Bertz CT molecular complexity index is 1090. The molecule has 36 heavy (non-hydrogen) atoms. The molecule has 0 radical (unpaired) electrons. The van der Waals surface area contributed by atoms with Gasteiger partial charge < -0.3 is 0 Å². The van der Waals surface area contributed by atoms with Gasteiger partial charge in [-0.25, -0.2) is 0 Å². The molecule has 0 saturated carbocycles. The summed E-state index contributed by atoms with van der Waals surface area (Å²) in [7, 11) is 0. The van der Waals surface area contributed by atoms with Crippen molar-refractivity contribution in [2.24, 2.45) is 0 Å². The van der Waals surface area contributed by atoms with Crippen LogP contribution in [0.25, 0.3) is 0 Å². The van der Waals surface area contributed by atoms with Crippen molar-refractivity contribution >= 4 is 5.78 Å². The maximum Gasteiger partial charge on any atom is 0.184 e. The molecular formula is C27H34N8O. The number of carbonyl (C=O) groups excluding carboxylic acids is 1. The molecule has 4 rings (SSSR count). The lowest BCUT2D eigenvalue weighted by Crippen LogP contribution is -2.25. The largest absolute Gasteiger partial charge is 0.300 e. The number of nitrogens with zero attached hydrogens (tertiary/aromatic N) is 6. The SMILES string of the molecule is CC(CCCCC(=O)CCCCC(C)(c1ccccc1)c1nn[nH]n1)(c1ccccc1)c1nn[nH]n1. The van der Waals surface area contributed by atoms with Crippen LogP contribution in [0.4, 0.5) is 0 Å². The minimum absolute atomic E-state index is 0.317. The predicted octanol–water partition coefficient (Wildman–Crippen LogP) is 4.71. The van der Waals surface area contributed by atoms with Crippen molar-refractivity contribution in [3.8, 4) is 0 Å². The van der Waals surface area contributed by atoms with E-state index >= 15 is 0 Å². The van der Waals surface area contributed by atoms with Crippen LogP contribution in [0, 0.1) is 0 Å². The van der Waals surface area contributed by atoms with E-state index in [2.05, 4.69) is 79.4 Å². The van der Waals surface area contributed by atoms with E-state index in [9.17, 15) is 4.79 Å². The van der Waals surface area contributed by atoms with Gasteiger partial charge in [0.05, 0.1) is 10.8 Å². The number of nitrogens with one attached hydrogen (secondary N) is 2. The monoisotopic (exact) mass is 486 g/mol. The molecule has 9 heteroatoms. The second kappa shape index (κ2) is 11.8. The lowest BCUT2D eigenvalue weighted by Gasteiger charge is -2.27. The van der Waals surface area contributed by atoms with Gasteiger partial charge in [-0.2, -0.15) is 10.4 Å². The van der Waals surface area contributed by atoms with Gasteiger partial charge in [0, 0.05) is 12.8 Å². The molecule has 2 N–H and O–H groups in total. The molecule has 2 aromatic carbocycles. The van der Waals surface area contributed by atoms with Gasteiger partial charge in [0.1, 0.15) is 5.78 Å². The number of hydrogen-bond donors (Lipinski definition) is 2. The molecule has 0 saturated heterocycles. The molecule has 0 spiro atoms. The summed E-state index contributed by atoms with van der Waals surface area (Å²) in [6, 6.07) is 20.5. The first kappa shape index (κ1) is 25.3. The number of H-pyrrole nitrogens is 2. The molecule has 2 heterocycles. The molecule has 4 aromatic rings. The summed E-state index contributed by atoms with van der Waals surface area (Å²) >= 11 is 0. The fourth-order valence-corrected chi connectivity index (χ4v) is 4.90. The minimum Gasteiger partial charge on any atom is -0.300 e. The zero-order valence-electron chi connectivity index (χ0n) is 21.0. The Hall–Kier alpha value is -3.75. The number of unbranched alkanes of at least 4 members (excludes halogenated alkanes) is 2. The van der Waals surface area contributed by atoms with Crippen molar-refractivity contribution in [2.45, 2.75) is 76.0 Å². The van der Waals surface area contributed by atoms with Crippen LogP contribution in [0.3, 0.4) is 0 Å². The summed E-state index contributed by atoms with van der Waals surface area (Å²) in [5, 5.41) is 29.7. The highest BCUT2D eigenvalue weighted by Crippen LogP contribution is 2.35. The summed E-state index contributed by atoms with van der Waals surface area (Å²) in [5.74, 6) is 1.68. The number of hydrogen-bond acceptors (Lipinski definition) is 7. The van der Waals surface area contributed by atoms with E-state index in [0.29, 0.717) is 30.3 Å². The van der Waals surface area contributed by atoms with Gasteiger partial charge >= 0.3 is 0 Å². The van der Waals surface area contributed by atoms with Crippen molar-refractivity contribution < 1.29 is 4.79 Å². The molecule has 0 aliphatic heterocycles. The number of benzene rings is 2. The van der Waals surface area contributed by atoms with Crippen LogP contribution in [-0.4, -0.2) is 47.0 Å². The summed E-state index contributed by atoms with van der Waals surface area (Å²) in [6.07, 6.45) is 6.42. The highest BCUT2D eigenvalue weighted by molar-refractivity contribution is 5.78. The summed E-state index contributed by atoms with van der Waals surface area (Å²) in [5.41, 5.74) is 1.63. The lowest BCUT2D eigenvalue weighted by molar-refractivity contribution is -0.119. The second-order valence-corrected chi connectivity index (χ2v) is 9.82. The van der Waals surface area contributed by atoms with E-state index in [-0.39, 0.29) is 10.8 Å². The van der Waals surface area contributed by atoms with Crippen LogP contribution in [-0.2, 0) is 15.6 Å². The van der Waals surface area contributed by atoms with Crippen LogP contribution in [0.1, 0.15) is 88.0 Å². The smallest absolute Gasteiger partial charge is 0.184 e. The van der Waals surface area contributed by atoms with Gasteiger partial charge in [0.2, 0.25) is 0 Å². The first-order valence-corrected chi connectivity index (χ1v) is 12.6. The Morgan fingerprint density at radius 1 is 0.667 bits per heavy atom. The lowest BCUT2D eigenvalue weighted by atomic mass is 9.77. The fourth-order valence-electron chi connectivity index (χ4n) is 4.90. The molecule has 0 bridgehead atoms. The number of ketones is 1. The highest BCUT2D eigenvalue weighted by atomic mass is 16.1. The first-order chi connectivity index (χ1) is 17.5. The standard InChI is InChI=1S/C27H34N8O/c1-26(24-28-32-33-29-24,21-13-5-3-6-14-21)19-11-9-17-23(36)18-10-12-20-27(2,25-30-34-35-31-25)22-15-7-4-8-16-22/h3-8,13-16H,9-12,17-20H2,1-2H3,(H,28,29,32,33)(H,30,31,34,35). The molecule has 0 aliphatic carbocycles. The zero-order chi connectivity index (χ0) is 25.3. The average molecular weight is 487 g/mol. The van der Waals surface area contributed by atoms with E-state index in [0.717, 1.165) is 49.7 Å². The highest BCUT2D eigenvalue weighted by Gasteiger charge is 2.33. The van der Waals surface area contributed by atoms with Crippen LogP contribution in [0.2, 0.25) is 0 Å². The fraction of sp³-hybridized carbons (Fsp3) is 0.444. The molecule has 2 aromatic heterocycles. The maximum atomic E-state index is 12.6. The summed E-state index contributed by atoms with van der Waals surface area (Å²) < 4.78 is 0. The number of aromatic amines is 2. The van der Waals surface area contributed by atoms with Crippen LogP contribution < -0.4 is 0 Å². The predicted molar refractivity (Wildman–Crippen MR) is 136 cm³/mol. The molecule has 0 fully saturated rings. The van der Waals surface area contributed by atoms with Gasteiger partial charge in [0.25, 0.3) is 0 Å². The quantitative estimate of drug-likeness (QED) is 0.247. The Morgan fingerprint density at radius 2 is 1.08 bits per heavy atom. The first-order valence-electron chi connectivity index (χ1n) is 12.6. The summed E-state index contributed by atoms with van der Waals surface area (Å²) in [6.45, 7) is 4.28. The van der Waals surface area contributed by atoms with Crippen molar-refractivity contribution in [1.82, 2.24) is 41.2 Å². The number of carbonyl (C=O) groups is 1. The van der Waals surface area contributed by atoms with Crippen molar-refractivity contribution in [1.29, 1.82) is 0 Å². The number of Topliss-reactive ketones (excluding diaryl/α,β-unsaturated/α-hetero) is 1. The van der Waals surface area contributed by atoms with Gasteiger partial charge in [-0.1, -0.05) is 83.9 Å². The molecule has 2 atom stereocenters. The molecular weight excluding hydrogens is 452 g/mol. The Morgan fingerprint density at radius 3 is 1.44 bits per heavy atom. The van der Waals surface area contributed by atoms with Gasteiger partial charge in [-0.15, -0.1) is 20.4 Å². The van der Waals surface area contributed by atoms with E-state index < -0.39 is 0 Å². The Kier molecular flexibility index (Phi) is 8.30. The number of tetrazole rings is 2. The molecule has 0 aliphatic rings. The van der Waals surface area contributed by atoms with Crippen molar-refractivity contribution in [3.63, 3.8) is 0 Å². The van der Waals surface area contributed by atoms with E-state index in [1.807, 2.05) is 36.4 Å². The van der Waals surface area contributed by atoms with Crippen LogP contribution in [0.5, 0.6) is 0 Å². The number of aromatic nitrogens is 8. The molecule has 188 valence electrons. The average Bonchev–Trinajstić information content (AvgIpc) is 3.65. The molecule has 0 amide bonds. The van der Waals surface area contributed by atoms with E-state index in [1.54, 1.807) is 0 Å². The maximum absolute atomic E-state index is 12.6. The van der Waals surface area contributed by atoms with E-state index in [4.69, 9.17) is 0 Å². The normalized spacial score (nSPS) is 14.7.